The van der Waals surface area contributed by atoms with Gasteiger partial charge in [-0.25, -0.2) is 4.79 Å². The van der Waals surface area contributed by atoms with Gasteiger partial charge in [0.1, 0.15) is 18.1 Å². The standard InChI is InChI=1S/C20H39N5O5/c1-6-12(4)16(19(28)24-15(11(2)3)20(29)30)25-17(26)13(5)23-18(27)14(22)9-7-8-10-21/h11-16H,6-10,21-22H2,1-5H3,(H,23,27)(H,24,28)(H,25,26)(H,29,30). The zero-order valence-electron chi connectivity index (χ0n) is 18.7. The molecule has 0 aromatic rings. The minimum Gasteiger partial charge on any atom is -0.480 e. The minimum absolute atomic E-state index is 0.239. The van der Waals surface area contributed by atoms with E-state index in [1.165, 1.54) is 6.92 Å². The molecule has 174 valence electrons. The van der Waals surface area contributed by atoms with Gasteiger partial charge in [0.25, 0.3) is 0 Å². The number of hydrogen-bond donors (Lipinski definition) is 6. The van der Waals surface area contributed by atoms with Crippen LogP contribution in [0.25, 0.3) is 0 Å². The van der Waals surface area contributed by atoms with Gasteiger partial charge in [0.05, 0.1) is 6.04 Å². The van der Waals surface area contributed by atoms with E-state index in [-0.39, 0.29) is 11.8 Å². The molecule has 3 amide bonds. The van der Waals surface area contributed by atoms with Crippen LogP contribution < -0.4 is 27.4 Å². The third-order valence-corrected chi connectivity index (χ3v) is 5.08. The second-order valence-electron chi connectivity index (χ2n) is 8.06. The van der Waals surface area contributed by atoms with E-state index in [4.69, 9.17) is 11.5 Å². The largest absolute Gasteiger partial charge is 0.480 e. The molecule has 0 rings (SSSR count). The Morgan fingerprint density at radius 2 is 1.43 bits per heavy atom. The van der Waals surface area contributed by atoms with E-state index in [0.717, 1.165) is 6.42 Å². The van der Waals surface area contributed by atoms with Gasteiger partial charge in [-0.05, 0) is 38.1 Å². The maximum Gasteiger partial charge on any atom is 0.326 e. The number of carbonyl (C=O) groups is 4. The van der Waals surface area contributed by atoms with Gasteiger partial charge >= 0.3 is 5.97 Å². The van der Waals surface area contributed by atoms with Gasteiger partial charge in [0.2, 0.25) is 17.7 Å². The molecule has 0 aliphatic heterocycles. The minimum atomic E-state index is -1.14. The van der Waals surface area contributed by atoms with E-state index < -0.39 is 47.9 Å². The van der Waals surface area contributed by atoms with E-state index >= 15 is 0 Å². The van der Waals surface area contributed by atoms with E-state index in [2.05, 4.69) is 16.0 Å². The van der Waals surface area contributed by atoms with Crippen molar-refractivity contribution >= 4 is 23.7 Å². The Morgan fingerprint density at radius 1 is 0.867 bits per heavy atom. The van der Waals surface area contributed by atoms with Gasteiger partial charge in [-0.15, -0.1) is 0 Å². The second kappa shape index (κ2) is 13.9. The Bertz CT molecular complexity index is 584. The van der Waals surface area contributed by atoms with Crippen LogP contribution in [0.2, 0.25) is 0 Å². The van der Waals surface area contributed by atoms with Crippen LogP contribution in [0, 0.1) is 11.8 Å². The first-order chi connectivity index (χ1) is 14.0. The summed E-state index contributed by atoms with van der Waals surface area (Å²) in [5.41, 5.74) is 11.3. The van der Waals surface area contributed by atoms with Crippen molar-refractivity contribution in [3.05, 3.63) is 0 Å². The summed E-state index contributed by atoms with van der Waals surface area (Å²) < 4.78 is 0. The van der Waals surface area contributed by atoms with Crippen LogP contribution in [0.15, 0.2) is 0 Å². The van der Waals surface area contributed by atoms with Crippen molar-refractivity contribution in [3.63, 3.8) is 0 Å². The third-order valence-electron chi connectivity index (χ3n) is 5.08. The normalized spacial score (nSPS) is 16.1. The van der Waals surface area contributed by atoms with Crippen molar-refractivity contribution < 1.29 is 24.3 Å². The Hall–Kier alpha value is -2.20. The van der Waals surface area contributed by atoms with Crippen molar-refractivity contribution in [1.82, 2.24) is 16.0 Å². The molecule has 0 saturated carbocycles. The van der Waals surface area contributed by atoms with Crippen molar-refractivity contribution in [2.24, 2.45) is 23.3 Å². The van der Waals surface area contributed by atoms with E-state index in [1.54, 1.807) is 20.8 Å². The summed E-state index contributed by atoms with van der Waals surface area (Å²) in [4.78, 5) is 48.8. The van der Waals surface area contributed by atoms with Crippen LogP contribution in [0.4, 0.5) is 0 Å². The smallest absolute Gasteiger partial charge is 0.326 e. The lowest BCUT2D eigenvalue weighted by Crippen LogP contribution is -2.58. The number of carboxylic acid groups (broad SMARTS) is 1. The molecule has 0 heterocycles. The van der Waals surface area contributed by atoms with Crippen LogP contribution >= 0.6 is 0 Å². The van der Waals surface area contributed by atoms with Crippen molar-refractivity contribution in [2.75, 3.05) is 6.54 Å². The fraction of sp³-hybridized carbons (Fsp3) is 0.800. The number of aliphatic carboxylic acids is 1. The Balaban J connectivity index is 5.03. The van der Waals surface area contributed by atoms with Crippen LogP contribution in [0.5, 0.6) is 0 Å². The van der Waals surface area contributed by atoms with Gasteiger partial charge in [0, 0.05) is 0 Å². The van der Waals surface area contributed by atoms with Gasteiger partial charge < -0.3 is 32.5 Å². The number of nitrogens with one attached hydrogen (secondary N) is 3. The highest BCUT2D eigenvalue weighted by molar-refractivity contribution is 5.94. The quantitative estimate of drug-likeness (QED) is 0.205. The topological polar surface area (TPSA) is 177 Å². The molecule has 0 fully saturated rings. The molecule has 10 nitrogen and oxygen atoms in total. The summed E-state index contributed by atoms with van der Waals surface area (Å²) in [7, 11) is 0. The van der Waals surface area contributed by atoms with E-state index in [0.29, 0.717) is 25.8 Å². The summed E-state index contributed by atoms with van der Waals surface area (Å²) in [5, 5.41) is 17.0. The first-order valence-electron chi connectivity index (χ1n) is 10.6. The SMILES string of the molecule is CCC(C)C(NC(=O)C(C)NC(=O)C(N)CCCCN)C(=O)NC(C(=O)O)C(C)C. The first-order valence-corrected chi connectivity index (χ1v) is 10.6. The van der Waals surface area contributed by atoms with Gasteiger partial charge in [0.15, 0.2) is 0 Å². The summed E-state index contributed by atoms with van der Waals surface area (Å²) in [5.74, 6) is -3.28. The maximum atomic E-state index is 12.7. The monoisotopic (exact) mass is 429 g/mol. The number of rotatable bonds is 14. The summed E-state index contributed by atoms with van der Waals surface area (Å²) in [6.45, 7) is 9.03. The number of unbranched alkanes of at least 4 members (excludes halogenated alkanes) is 1. The molecule has 0 aliphatic carbocycles. The molecule has 0 spiro atoms. The van der Waals surface area contributed by atoms with Crippen LogP contribution in [-0.2, 0) is 19.2 Å². The fourth-order valence-electron chi connectivity index (χ4n) is 2.76. The molecule has 0 bridgehead atoms. The summed E-state index contributed by atoms with van der Waals surface area (Å²) in [6.07, 6.45) is 2.52. The molecule has 0 aromatic carbocycles. The number of amides is 3. The zero-order valence-corrected chi connectivity index (χ0v) is 18.7. The summed E-state index contributed by atoms with van der Waals surface area (Å²) >= 11 is 0. The number of carboxylic acids is 1. The average Bonchev–Trinajstić information content (AvgIpc) is 2.68. The van der Waals surface area contributed by atoms with Crippen LogP contribution in [-0.4, -0.2) is 59.5 Å². The van der Waals surface area contributed by atoms with E-state index in [9.17, 15) is 24.3 Å². The molecule has 0 aliphatic rings. The molecule has 5 unspecified atom stereocenters. The highest BCUT2D eigenvalue weighted by atomic mass is 16.4. The highest BCUT2D eigenvalue weighted by Crippen LogP contribution is 2.10. The zero-order chi connectivity index (χ0) is 23.4. The predicted octanol–water partition coefficient (Wildman–Crippen LogP) is -0.296. The summed E-state index contributed by atoms with van der Waals surface area (Å²) in [6, 6.07) is -3.65. The Morgan fingerprint density at radius 3 is 1.90 bits per heavy atom. The van der Waals surface area contributed by atoms with Crippen molar-refractivity contribution in [3.8, 4) is 0 Å². The second-order valence-corrected chi connectivity index (χ2v) is 8.06. The number of nitrogens with two attached hydrogens (primary N) is 2. The highest BCUT2D eigenvalue weighted by Gasteiger charge is 2.32. The van der Waals surface area contributed by atoms with Gasteiger partial charge in [-0.2, -0.15) is 0 Å². The predicted molar refractivity (Wildman–Crippen MR) is 114 cm³/mol. The van der Waals surface area contributed by atoms with Crippen molar-refractivity contribution in [2.45, 2.75) is 84.5 Å². The first kappa shape index (κ1) is 27.8. The van der Waals surface area contributed by atoms with E-state index in [1.807, 2.05) is 6.92 Å². The number of hydrogen-bond acceptors (Lipinski definition) is 6. The molecule has 10 heteroatoms. The van der Waals surface area contributed by atoms with Gasteiger partial charge in [-0.3, -0.25) is 14.4 Å². The Labute approximate surface area is 178 Å². The Kier molecular flexibility index (Phi) is 12.9. The molecule has 0 radical (unpaired) electrons. The van der Waals surface area contributed by atoms with Gasteiger partial charge in [-0.1, -0.05) is 40.5 Å². The molecule has 30 heavy (non-hydrogen) atoms. The number of carbonyl (C=O) groups excluding carboxylic acids is 3. The lowest BCUT2D eigenvalue weighted by molar-refractivity contribution is -0.144. The third kappa shape index (κ3) is 9.53. The van der Waals surface area contributed by atoms with Crippen molar-refractivity contribution in [1.29, 1.82) is 0 Å². The molecular formula is C20H39N5O5. The molecule has 0 saturated heterocycles. The lowest BCUT2D eigenvalue weighted by atomic mass is 9.96. The fourth-order valence-corrected chi connectivity index (χ4v) is 2.76. The molecular weight excluding hydrogens is 390 g/mol. The molecule has 5 atom stereocenters. The molecule has 0 aromatic heterocycles. The van der Waals surface area contributed by atoms with Crippen LogP contribution in [0.3, 0.4) is 0 Å². The van der Waals surface area contributed by atoms with Crippen LogP contribution in [0.1, 0.15) is 60.3 Å². The molecule has 8 N–H and O–H groups in total. The maximum absolute atomic E-state index is 12.7. The average molecular weight is 430 g/mol. The lowest BCUT2D eigenvalue weighted by Gasteiger charge is -2.28.